The zero-order chi connectivity index (χ0) is 24.9. The van der Waals surface area contributed by atoms with Gasteiger partial charge in [0.15, 0.2) is 0 Å². The number of aryl methyl sites for hydroxylation is 1. The molecule has 6 nitrogen and oxygen atoms in total. The predicted octanol–water partition coefficient (Wildman–Crippen LogP) is 6.64. The Morgan fingerprint density at radius 2 is 1.74 bits per heavy atom. The van der Waals surface area contributed by atoms with E-state index in [9.17, 15) is 14.4 Å². The highest BCUT2D eigenvalue weighted by atomic mass is 35.5. The lowest BCUT2D eigenvalue weighted by molar-refractivity contribution is -0.123. The Morgan fingerprint density at radius 3 is 2.49 bits per heavy atom. The zero-order valence-corrected chi connectivity index (χ0v) is 20.8. The summed E-state index contributed by atoms with van der Waals surface area (Å²) in [6, 6.07) is 18.4. The number of hydrogen-bond acceptors (Lipinski definition) is 6. The van der Waals surface area contributed by atoms with E-state index >= 15 is 0 Å². The molecule has 0 aliphatic carbocycles. The largest absolute Gasteiger partial charge is 0.492 e. The van der Waals surface area contributed by atoms with Crippen LogP contribution in [0, 0.1) is 6.92 Å². The summed E-state index contributed by atoms with van der Waals surface area (Å²) >= 11 is 12.8. The molecule has 0 bridgehead atoms. The average molecular weight is 528 g/mol. The van der Waals surface area contributed by atoms with Crippen LogP contribution >= 0.6 is 35.0 Å². The van der Waals surface area contributed by atoms with Crippen molar-refractivity contribution < 1.29 is 23.9 Å². The van der Waals surface area contributed by atoms with Crippen molar-refractivity contribution in [2.45, 2.75) is 6.92 Å². The molecule has 178 valence electrons. The van der Waals surface area contributed by atoms with Crippen molar-refractivity contribution in [3.05, 3.63) is 98.4 Å². The Kier molecular flexibility index (Phi) is 7.80. The van der Waals surface area contributed by atoms with Gasteiger partial charge in [0.05, 0.1) is 17.0 Å². The van der Waals surface area contributed by atoms with Gasteiger partial charge in [0.1, 0.15) is 18.1 Å². The van der Waals surface area contributed by atoms with E-state index in [0.717, 1.165) is 22.2 Å². The van der Waals surface area contributed by atoms with Crippen molar-refractivity contribution in [2.75, 3.05) is 13.2 Å². The molecule has 4 rings (SSSR count). The van der Waals surface area contributed by atoms with Crippen molar-refractivity contribution in [2.24, 2.45) is 0 Å². The van der Waals surface area contributed by atoms with Gasteiger partial charge < -0.3 is 9.47 Å². The van der Waals surface area contributed by atoms with Gasteiger partial charge in [-0.2, -0.15) is 0 Å². The number of benzene rings is 3. The van der Waals surface area contributed by atoms with E-state index in [2.05, 4.69) is 0 Å². The van der Waals surface area contributed by atoms with Crippen LogP contribution in [0.5, 0.6) is 11.5 Å². The fraction of sp³-hybridized carbons (Fsp3) is 0.115. The average Bonchev–Trinajstić information content (AvgIpc) is 3.08. The first-order valence-electron chi connectivity index (χ1n) is 10.5. The second kappa shape index (κ2) is 11.0. The standard InChI is InChI=1S/C26H19Cl2NO5S/c1-16-3-2-4-21(13-16)33-12-11-29-24(30)23(35-26(29)32)15-18-14-20(28)9-10-22(18)34-25(31)17-5-7-19(27)8-6-17/h2-10,13-15H,11-12H2,1H3/b23-15-. The van der Waals surface area contributed by atoms with E-state index in [4.69, 9.17) is 32.7 Å². The van der Waals surface area contributed by atoms with Crippen molar-refractivity contribution in [3.63, 3.8) is 0 Å². The van der Waals surface area contributed by atoms with E-state index in [0.29, 0.717) is 26.9 Å². The van der Waals surface area contributed by atoms with Crippen LogP contribution in [0.25, 0.3) is 6.08 Å². The molecule has 0 radical (unpaired) electrons. The van der Waals surface area contributed by atoms with Crippen LogP contribution in [0.4, 0.5) is 4.79 Å². The van der Waals surface area contributed by atoms with Gasteiger partial charge in [-0.3, -0.25) is 14.5 Å². The molecule has 1 heterocycles. The predicted molar refractivity (Wildman–Crippen MR) is 137 cm³/mol. The fourth-order valence-corrected chi connectivity index (χ4v) is 4.43. The maximum atomic E-state index is 12.9. The van der Waals surface area contributed by atoms with Gasteiger partial charge >= 0.3 is 5.97 Å². The topological polar surface area (TPSA) is 72.9 Å². The monoisotopic (exact) mass is 527 g/mol. The van der Waals surface area contributed by atoms with E-state index in [1.165, 1.54) is 12.1 Å². The normalized spacial score (nSPS) is 14.5. The van der Waals surface area contributed by atoms with Gasteiger partial charge in [-0.25, -0.2) is 4.79 Å². The third kappa shape index (κ3) is 6.25. The van der Waals surface area contributed by atoms with E-state index in [-0.39, 0.29) is 23.8 Å². The minimum atomic E-state index is -0.597. The molecule has 0 atom stereocenters. The van der Waals surface area contributed by atoms with Crippen LogP contribution in [0.1, 0.15) is 21.5 Å². The van der Waals surface area contributed by atoms with Crippen molar-refractivity contribution >= 4 is 58.2 Å². The van der Waals surface area contributed by atoms with Gasteiger partial charge in [0.25, 0.3) is 11.1 Å². The molecule has 1 fully saturated rings. The third-order valence-corrected chi connectivity index (χ3v) is 6.38. The molecule has 1 aliphatic heterocycles. The van der Waals surface area contributed by atoms with Crippen molar-refractivity contribution in [1.82, 2.24) is 4.90 Å². The maximum absolute atomic E-state index is 12.9. The van der Waals surface area contributed by atoms with Gasteiger partial charge in [0.2, 0.25) is 0 Å². The molecular weight excluding hydrogens is 509 g/mol. The Labute approximate surface area is 216 Å². The molecule has 35 heavy (non-hydrogen) atoms. The molecule has 9 heteroatoms. The summed E-state index contributed by atoms with van der Waals surface area (Å²) in [5.41, 5.74) is 1.75. The number of nitrogens with zero attached hydrogens (tertiary/aromatic N) is 1. The third-order valence-electron chi connectivity index (χ3n) is 4.99. The summed E-state index contributed by atoms with van der Waals surface area (Å²) in [5, 5.41) is 0.470. The maximum Gasteiger partial charge on any atom is 0.343 e. The van der Waals surface area contributed by atoms with Crippen molar-refractivity contribution in [1.29, 1.82) is 0 Å². The molecule has 3 aromatic carbocycles. The van der Waals surface area contributed by atoms with Crippen LogP contribution in [-0.2, 0) is 4.79 Å². The number of rotatable bonds is 7. The summed E-state index contributed by atoms with van der Waals surface area (Å²) in [7, 11) is 0. The Hall–Kier alpha value is -3.26. The number of imide groups is 1. The number of ether oxygens (including phenoxy) is 2. The minimum absolute atomic E-state index is 0.101. The fourth-order valence-electron chi connectivity index (χ4n) is 3.26. The van der Waals surface area contributed by atoms with Gasteiger partial charge in [-0.15, -0.1) is 0 Å². The van der Waals surface area contributed by atoms with E-state index < -0.39 is 17.1 Å². The molecule has 2 amide bonds. The highest BCUT2D eigenvalue weighted by molar-refractivity contribution is 8.18. The number of halogens is 2. The van der Waals surface area contributed by atoms with Crippen LogP contribution < -0.4 is 9.47 Å². The molecule has 1 aliphatic rings. The molecular formula is C26H19Cl2NO5S. The highest BCUT2D eigenvalue weighted by Crippen LogP contribution is 2.35. The Balaban J connectivity index is 1.48. The second-order valence-electron chi connectivity index (χ2n) is 7.58. The zero-order valence-electron chi connectivity index (χ0n) is 18.5. The summed E-state index contributed by atoms with van der Waals surface area (Å²) in [5.74, 6) is -0.189. The Bertz CT molecular complexity index is 1320. The van der Waals surface area contributed by atoms with Crippen LogP contribution in [-0.4, -0.2) is 35.2 Å². The van der Waals surface area contributed by atoms with Crippen molar-refractivity contribution in [3.8, 4) is 11.5 Å². The molecule has 0 spiro atoms. The van der Waals surface area contributed by atoms with Crippen LogP contribution in [0.3, 0.4) is 0 Å². The van der Waals surface area contributed by atoms with E-state index in [1.54, 1.807) is 36.4 Å². The Morgan fingerprint density at radius 1 is 1.00 bits per heavy atom. The summed E-state index contributed by atoms with van der Waals surface area (Å²) < 4.78 is 11.2. The number of carbonyl (C=O) groups excluding carboxylic acids is 3. The lowest BCUT2D eigenvalue weighted by Crippen LogP contribution is -2.32. The minimum Gasteiger partial charge on any atom is -0.492 e. The molecule has 1 saturated heterocycles. The molecule has 0 saturated carbocycles. The van der Waals surface area contributed by atoms with Gasteiger partial charge in [-0.1, -0.05) is 35.3 Å². The molecule has 0 N–H and O–H groups in total. The summed E-state index contributed by atoms with van der Waals surface area (Å²) in [6.45, 7) is 2.21. The SMILES string of the molecule is Cc1cccc(OCCN2C(=O)S/C(=C\c3cc(Cl)ccc3OC(=O)c3ccc(Cl)cc3)C2=O)c1. The smallest absolute Gasteiger partial charge is 0.343 e. The molecule has 0 aromatic heterocycles. The number of thioether (sulfide) groups is 1. The first-order chi connectivity index (χ1) is 16.8. The highest BCUT2D eigenvalue weighted by Gasteiger charge is 2.35. The second-order valence-corrected chi connectivity index (χ2v) is 9.44. The lowest BCUT2D eigenvalue weighted by atomic mass is 10.1. The summed E-state index contributed by atoms with van der Waals surface area (Å²) in [6.07, 6.45) is 1.49. The molecule has 0 unspecified atom stereocenters. The van der Waals surface area contributed by atoms with E-state index in [1.807, 2.05) is 31.2 Å². The van der Waals surface area contributed by atoms with Crippen LogP contribution in [0.15, 0.2) is 71.6 Å². The lowest BCUT2D eigenvalue weighted by Gasteiger charge is -2.13. The number of esters is 1. The van der Waals surface area contributed by atoms with Gasteiger partial charge in [0, 0.05) is 15.6 Å². The number of hydrogen-bond donors (Lipinski definition) is 0. The number of amides is 2. The van der Waals surface area contributed by atoms with Crippen LogP contribution in [0.2, 0.25) is 10.0 Å². The first-order valence-corrected chi connectivity index (χ1v) is 12.1. The first kappa shape index (κ1) is 24.9. The van der Waals surface area contributed by atoms with Gasteiger partial charge in [-0.05, 0) is 84.9 Å². The number of carbonyl (C=O) groups is 3. The summed E-state index contributed by atoms with van der Waals surface area (Å²) in [4.78, 5) is 39.2. The quantitative estimate of drug-likeness (QED) is 0.195. The molecule has 3 aromatic rings.